The molecule has 0 atom stereocenters. The lowest BCUT2D eigenvalue weighted by Crippen LogP contribution is -2.34. The van der Waals surface area contributed by atoms with E-state index in [2.05, 4.69) is 4.74 Å². The highest BCUT2D eigenvalue weighted by Crippen LogP contribution is 2.09. The summed E-state index contributed by atoms with van der Waals surface area (Å²) in [7, 11) is 0. The van der Waals surface area contributed by atoms with Crippen molar-refractivity contribution in [3.63, 3.8) is 0 Å². The van der Waals surface area contributed by atoms with Crippen molar-refractivity contribution in [2.45, 2.75) is 13.3 Å². The van der Waals surface area contributed by atoms with E-state index in [0.29, 0.717) is 0 Å². The largest absolute Gasteiger partial charge is 0.455 e. The molecular formula is C11H13NO5S. The number of carbonyl (C=O) groups is 3. The number of esters is 1. The molecule has 0 saturated carbocycles. The van der Waals surface area contributed by atoms with Crippen LogP contribution in [0.15, 0.2) is 17.5 Å². The Labute approximate surface area is 108 Å². The van der Waals surface area contributed by atoms with Crippen LogP contribution in [0.2, 0.25) is 0 Å². The fourth-order valence-corrected chi connectivity index (χ4v) is 1.76. The van der Waals surface area contributed by atoms with Gasteiger partial charge in [-0.05, 0) is 18.4 Å². The first-order valence-electron chi connectivity index (χ1n) is 5.26. The van der Waals surface area contributed by atoms with Crippen LogP contribution in [0, 0.1) is 0 Å². The van der Waals surface area contributed by atoms with Crippen LogP contribution in [-0.4, -0.2) is 31.2 Å². The van der Waals surface area contributed by atoms with Crippen molar-refractivity contribution in [2.24, 2.45) is 0 Å². The second kappa shape index (κ2) is 7.44. The zero-order valence-corrected chi connectivity index (χ0v) is 10.6. The molecule has 1 aromatic heterocycles. The van der Waals surface area contributed by atoms with E-state index in [-0.39, 0.29) is 13.0 Å². The molecule has 6 nitrogen and oxygen atoms in total. The van der Waals surface area contributed by atoms with E-state index in [9.17, 15) is 14.4 Å². The molecule has 0 unspecified atom stereocenters. The van der Waals surface area contributed by atoms with Gasteiger partial charge in [0.1, 0.15) is 0 Å². The molecule has 0 saturated heterocycles. The van der Waals surface area contributed by atoms with Gasteiger partial charge in [-0.3, -0.25) is 14.9 Å². The predicted molar refractivity (Wildman–Crippen MR) is 64.1 cm³/mol. The average molecular weight is 271 g/mol. The molecule has 0 fully saturated rings. The number of alkyl carbamates (subject to hydrolysis) is 1. The number of ether oxygens (including phenoxy) is 2. The van der Waals surface area contributed by atoms with Crippen LogP contribution in [0.1, 0.15) is 11.8 Å². The van der Waals surface area contributed by atoms with E-state index in [4.69, 9.17) is 4.74 Å². The Morgan fingerprint density at radius 3 is 2.72 bits per heavy atom. The second-order valence-corrected chi connectivity index (χ2v) is 4.22. The first-order valence-corrected chi connectivity index (χ1v) is 6.14. The number of rotatable bonds is 5. The van der Waals surface area contributed by atoms with Gasteiger partial charge in [-0.1, -0.05) is 6.07 Å². The lowest BCUT2D eigenvalue weighted by atomic mass is 10.3. The quantitative estimate of drug-likeness (QED) is 0.811. The molecule has 0 aromatic carbocycles. The number of amides is 2. The van der Waals surface area contributed by atoms with Crippen LogP contribution in [0.5, 0.6) is 0 Å². The van der Waals surface area contributed by atoms with E-state index in [1.54, 1.807) is 13.0 Å². The summed E-state index contributed by atoms with van der Waals surface area (Å²) in [4.78, 5) is 34.2. The van der Waals surface area contributed by atoms with Crippen molar-refractivity contribution in [3.05, 3.63) is 22.4 Å². The van der Waals surface area contributed by atoms with E-state index in [1.807, 2.05) is 16.8 Å². The zero-order chi connectivity index (χ0) is 13.4. The van der Waals surface area contributed by atoms with Gasteiger partial charge in [-0.2, -0.15) is 0 Å². The first kappa shape index (κ1) is 14.2. The minimum Gasteiger partial charge on any atom is -0.455 e. The van der Waals surface area contributed by atoms with Crippen molar-refractivity contribution >= 4 is 29.3 Å². The maximum absolute atomic E-state index is 11.3. The molecule has 2 amide bonds. The van der Waals surface area contributed by atoms with Gasteiger partial charge in [0, 0.05) is 4.88 Å². The summed E-state index contributed by atoms with van der Waals surface area (Å²) in [5, 5.41) is 3.76. The molecule has 18 heavy (non-hydrogen) atoms. The molecule has 0 aliphatic carbocycles. The monoisotopic (exact) mass is 271 g/mol. The summed E-state index contributed by atoms with van der Waals surface area (Å²) in [6.45, 7) is 1.28. The third-order valence-corrected chi connectivity index (χ3v) is 2.66. The molecule has 1 aromatic rings. The van der Waals surface area contributed by atoms with E-state index in [1.165, 1.54) is 11.3 Å². The molecule has 1 heterocycles. The lowest BCUT2D eigenvalue weighted by Gasteiger charge is -2.05. The molecule has 0 aliphatic heterocycles. The Balaban J connectivity index is 2.21. The fraction of sp³-hybridized carbons (Fsp3) is 0.364. The molecule has 0 aliphatic rings. The minimum absolute atomic E-state index is 0.115. The van der Waals surface area contributed by atoms with Crippen LogP contribution >= 0.6 is 11.3 Å². The van der Waals surface area contributed by atoms with Crippen molar-refractivity contribution < 1.29 is 23.9 Å². The molecule has 0 radical (unpaired) electrons. The van der Waals surface area contributed by atoms with Crippen molar-refractivity contribution in [2.75, 3.05) is 13.2 Å². The summed E-state index contributed by atoms with van der Waals surface area (Å²) < 4.78 is 9.20. The average Bonchev–Trinajstić information content (AvgIpc) is 2.79. The summed E-state index contributed by atoms with van der Waals surface area (Å²) in [5.41, 5.74) is 0. The van der Waals surface area contributed by atoms with Gasteiger partial charge >= 0.3 is 12.1 Å². The Hall–Kier alpha value is -1.89. The van der Waals surface area contributed by atoms with Gasteiger partial charge < -0.3 is 9.47 Å². The standard InChI is InChI=1S/C11H13NO5S/c1-2-16-11(15)12-9(13)7-17-10(14)6-8-4-3-5-18-8/h3-5H,2,6-7H2,1H3,(H,12,13,15). The van der Waals surface area contributed by atoms with E-state index in [0.717, 1.165) is 4.88 Å². The van der Waals surface area contributed by atoms with Gasteiger partial charge in [0.15, 0.2) is 6.61 Å². The first-order chi connectivity index (χ1) is 8.61. The normalized spacial score (nSPS) is 9.61. The molecule has 98 valence electrons. The third kappa shape index (κ3) is 5.44. The zero-order valence-electron chi connectivity index (χ0n) is 9.80. The smallest absolute Gasteiger partial charge is 0.413 e. The highest BCUT2D eigenvalue weighted by atomic mass is 32.1. The number of thiophene rings is 1. The van der Waals surface area contributed by atoms with Crippen LogP contribution in [0.3, 0.4) is 0 Å². The lowest BCUT2D eigenvalue weighted by molar-refractivity contribution is -0.147. The number of carbonyl (C=O) groups excluding carboxylic acids is 3. The van der Waals surface area contributed by atoms with Gasteiger partial charge in [0.2, 0.25) is 0 Å². The maximum Gasteiger partial charge on any atom is 0.413 e. The van der Waals surface area contributed by atoms with Crippen LogP contribution < -0.4 is 5.32 Å². The Morgan fingerprint density at radius 2 is 2.11 bits per heavy atom. The highest BCUT2D eigenvalue weighted by molar-refractivity contribution is 7.10. The Bertz CT molecular complexity index is 415. The molecule has 7 heteroatoms. The minimum atomic E-state index is -0.850. The van der Waals surface area contributed by atoms with Crippen LogP contribution in [0.25, 0.3) is 0 Å². The SMILES string of the molecule is CCOC(=O)NC(=O)COC(=O)Cc1cccs1. The summed E-state index contributed by atoms with van der Waals surface area (Å²) in [6.07, 6.45) is -0.735. The van der Waals surface area contributed by atoms with Crippen molar-refractivity contribution in [1.29, 1.82) is 0 Å². The molecule has 1 rings (SSSR count). The highest BCUT2D eigenvalue weighted by Gasteiger charge is 2.11. The van der Waals surface area contributed by atoms with Crippen LogP contribution in [0.4, 0.5) is 4.79 Å². The number of nitrogens with one attached hydrogen (secondary N) is 1. The molecule has 1 N–H and O–H groups in total. The van der Waals surface area contributed by atoms with Crippen LogP contribution in [-0.2, 0) is 25.5 Å². The maximum atomic E-state index is 11.3. The fourth-order valence-electron chi connectivity index (χ4n) is 1.07. The van der Waals surface area contributed by atoms with Crippen molar-refractivity contribution in [3.8, 4) is 0 Å². The topological polar surface area (TPSA) is 81.7 Å². The number of hydrogen-bond acceptors (Lipinski definition) is 6. The van der Waals surface area contributed by atoms with Gasteiger partial charge in [0.05, 0.1) is 13.0 Å². The predicted octanol–water partition coefficient (Wildman–Crippen LogP) is 1.11. The van der Waals surface area contributed by atoms with Crippen molar-refractivity contribution in [1.82, 2.24) is 5.32 Å². The summed E-state index contributed by atoms with van der Waals surface area (Å²) in [6, 6.07) is 3.62. The molecule has 0 spiro atoms. The van der Waals surface area contributed by atoms with E-state index < -0.39 is 24.6 Å². The molecular weight excluding hydrogens is 258 g/mol. The number of hydrogen-bond donors (Lipinski definition) is 1. The van der Waals surface area contributed by atoms with Gasteiger partial charge in [0.25, 0.3) is 5.91 Å². The summed E-state index contributed by atoms with van der Waals surface area (Å²) >= 11 is 1.43. The second-order valence-electron chi connectivity index (χ2n) is 3.19. The summed E-state index contributed by atoms with van der Waals surface area (Å²) in [5.74, 6) is -1.23. The molecule has 0 bridgehead atoms. The van der Waals surface area contributed by atoms with E-state index >= 15 is 0 Å². The Kier molecular flexibility index (Phi) is 5.86. The number of imide groups is 1. The third-order valence-electron chi connectivity index (χ3n) is 1.78. The van der Waals surface area contributed by atoms with Gasteiger partial charge in [-0.25, -0.2) is 4.79 Å². The Morgan fingerprint density at radius 1 is 1.33 bits per heavy atom. The van der Waals surface area contributed by atoms with Gasteiger partial charge in [-0.15, -0.1) is 11.3 Å².